The molecule has 126 valence electrons. The third-order valence-corrected chi connectivity index (χ3v) is 4.78. The van der Waals surface area contributed by atoms with Gasteiger partial charge in [0, 0.05) is 16.7 Å². The highest BCUT2D eigenvalue weighted by Crippen LogP contribution is 2.38. The SMILES string of the molecule is CSc1nc(-c2ccccc2)c(-c2ccccc2)c(-c2ccccc2)n1. The molecule has 0 N–H and O–H groups in total. The maximum Gasteiger partial charge on any atom is 0.188 e. The molecule has 0 atom stereocenters. The molecule has 0 saturated carbocycles. The van der Waals surface area contributed by atoms with E-state index < -0.39 is 0 Å². The predicted octanol–water partition coefficient (Wildman–Crippen LogP) is 6.20. The van der Waals surface area contributed by atoms with Crippen LogP contribution in [0.2, 0.25) is 0 Å². The summed E-state index contributed by atoms with van der Waals surface area (Å²) in [5.74, 6) is 0. The average Bonchev–Trinajstić information content (AvgIpc) is 2.74. The predicted molar refractivity (Wildman–Crippen MR) is 110 cm³/mol. The molecular weight excluding hydrogens is 336 g/mol. The summed E-state index contributed by atoms with van der Waals surface area (Å²) in [7, 11) is 0. The third-order valence-electron chi connectivity index (χ3n) is 4.23. The van der Waals surface area contributed by atoms with Crippen molar-refractivity contribution in [3.63, 3.8) is 0 Å². The van der Waals surface area contributed by atoms with Crippen LogP contribution in [0.15, 0.2) is 96.2 Å². The first-order valence-electron chi connectivity index (χ1n) is 8.49. The lowest BCUT2D eigenvalue weighted by molar-refractivity contribution is 0.984. The summed E-state index contributed by atoms with van der Waals surface area (Å²) >= 11 is 1.57. The molecule has 4 rings (SSSR count). The third kappa shape index (κ3) is 3.26. The molecule has 0 aliphatic rings. The maximum atomic E-state index is 4.88. The fraction of sp³-hybridized carbons (Fsp3) is 0.0435. The Bertz CT molecular complexity index is 940. The number of hydrogen-bond acceptors (Lipinski definition) is 3. The summed E-state index contributed by atoms with van der Waals surface area (Å²) in [4.78, 5) is 9.75. The molecule has 3 aromatic carbocycles. The van der Waals surface area contributed by atoms with Crippen LogP contribution < -0.4 is 0 Å². The molecule has 26 heavy (non-hydrogen) atoms. The topological polar surface area (TPSA) is 25.8 Å². The lowest BCUT2D eigenvalue weighted by Gasteiger charge is -2.16. The fourth-order valence-corrected chi connectivity index (χ4v) is 3.38. The summed E-state index contributed by atoms with van der Waals surface area (Å²) in [6.45, 7) is 0. The monoisotopic (exact) mass is 354 g/mol. The Balaban J connectivity index is 2.07. The standard InChI is InChI=1S/C23H18N2S/c1-26-23-24-21(18-13-7-3-8-14-18)20(17-11-5-2-6-12-17)22(25-23)19-15-9-4-10-16-19/h2-16H,1H3. The van der Waals surface area contributed by atoms with Gasteiger partial charge in [-0.2, -0.15) is 0 Å². The van der Waals surface area contributed by atoms with E-state index in [0.29, 0.717) is 0 Å². The minimum atomic E-state index is 0.780. The van der Waals surface area contributed by atoms with E-state index in [0.717, 1.165) is 38.8 Å². The summed E-state index contributed by atoms with van der Waals surface area (Å²) in [5, 5.41) is 0.780. The van der Waals surface area contributed by atoms with Crippen molar-refractivity contribution in [2.24, 2.45) is 0 Å². The van der Waals surface area contributed by atoms with Gasteiger partial charge in [-0.1, -0.05) is 103 Å². The second kappa shape index (κ2) is 7.54. The van der Waals surface area contributed by atoms with Crippen LogP contribution in [0.3, 0.4) is 0 Å². The second-order valence-electron chi connectivity index (χ2n) is 5.88. The average molecular weight is 354 g/mol. The van der Waals surface area contributed by atoms with Gasteiger partial charge in [-0.15, -0.1) is 0 Å². The Morgan fingerprint density at radius 3 is 1.31 bits per heavy atom. The number of rotatable bonds is 4. The molecule has 0 fully saturated rings. The van der Waals surface area contributed by atoms with Crippen molar-refractivity contribution < 1.29 is 0 Å². The highest BCUT2D eigenvalue weighted by atomic mass is 32.2. The molecule has 0 saturated heterocycles. The van der Waals surface area contributed by atoms with Crippen molar-refractivity contribution in [1.29, 1.82) is 0 Å². The van der Waals surface area contributed by atoms with E-state index in [1.165, 1.54) is 0 Å². The van der Waals surface area contributed by atoms with E-state index in [9.17, 15) is 0 Å². The zero-order chi connectivity index (χ0) is 17.8. The summed E-state index contributed by atoms with van der Waals surface area (Å²) in [5.41, 5.74) is 6.33. The van der Waals surface area contributed by atoms with Crippen LogP contribution in [0, 0.1) is 0 Å². The number of thioether (sulfide) groups is 1. The zero-order valence-corrected chi connectivity index (χ0v) is 15.3. The van der Waals surface area contributed by atoms with E-state index in [1.54, 1.807) is 11.8 Å². The first-order valence-corrected chi connectivity index (χ1v) is 9.71. The van der Waals surface area contributed by atoms with Gasteiger partial charge in [-0.05, 0) is 11.8 Å². The van der Waals surface area contributed by atoms with Crippen LogP contribution in [0.25, 0.3) is 33.6 Å². The van der Waals surface area contributed by atoms with E-state index >= 15 is 0 Å². The zero-order valence-electron chi connectivity index (χ0n) is 14.5. The van der Waals surface area contributed by atoms with Crippen molar-refractivity contribution in [3.8, 4) is 33.6 Å². The van der Waals surface area contributed by atoms with Gasteiger partial charge in [0.1, 0.15) is 0 Å². The molecule has 1 heterocycles. The first-order chi connectivity index (χ1) is 12.9. The van der Waals surface area contributed by atoms with Crippen LogP contribution in [-0.2, 0) is 0 Å². The summed E-state index contributed by atoms with van der Waals surface area (Å²) in [6.07, 6.45) is 2.01. The smallest absolute Gasteiger partial charge is 0.188 e. The Kier molecular flexibility index (Phi) is 4.80. The molecular formula is C23H18N2S. The van der Waals surface area contributed by atoms with Crippen molar-refractivity contribution in [1.82, 2.24) is 9.97 Å². The molecule has 0 spiro atoms. The number of aromatic nitrogens is 2. The van der Waals surface area contributed by atoms with Gasteiger partial charge >= 0.3 is 0 Å². The van der Waals surface area contributed by atoms with Gasteiger partial charge in [0.2, 0.25) is 0 Å². The van der Waals surface area contributed by atoms with Crippen LogP contribution in [0.4, 0.5) is 0 Å². The molecule has 4 aromatic rings. The van der Waals surface area contributed by atoms with Crippen LogP contribution >= 0.6 is 11.8 Å². The quantitative estimate of drug-likeness (QED) is 0.322. The minimum Gasteiger partial charge on any atom is -0.222 e. The van der Waals surface area contributed by atoms with Gasteiger partial charge in [0.15, 0.2) is 5.16 Å². The Morgan fingerprint density at radius 1 is 0.538 bits per heavy atom. The van der Waals surface area contributed by atoms with Gasteiger partial charge < -0.3 is 0 Å². The van der Waals surface area contributed by atoms with Crippen LogP contribution in [0.5, 0.6) is 0 Å². The lowest BCUT2D eigenvalue weighted by Crippen LogP contribution is -1.99. The maximum absolute atomic E-state index is 4.88. The number of benzene rings is 3. The van der Waals surface area contributed by atoms with Crippen molar-refractivity contribution in [2.45, 2.75) is 5.16 Å². The van der Waals surface area contributed by atoms with Gasteiger partial charge in [0.05, 0.1) is 11.4 Å². The Labute approximate surface area is 158 Å². The van der Waals surface area contributed by atoms with E-state index in [4.69, 9.17) is 9.97 Å². The van der Waals surface area contributed by atoms with Crippen LogP contribution in [0.1, 0.15) is 0 Å². The molecule has 0 aliphatic carbocycles. The molecule has 0 unspecified atom stereocenters. The molecule has 0 amide bonds. The van der Waals surface area contributed by atoms with Crippen molar-refractivity contribution in [3.05, 3.63) is 91.0 Å². The molecule has 3 heteroatoms. The minimum absolute atomic E-state index is 0.780. The molecule has 0 bridgehead atoms. The molecule has 2 nitrogen and oxygen atoms in total. The number of hydrogen-bond donors (Lipinski definition) is 0. The fourth-order valence-electron chi connectivity index (χ4n) is 3.02. The molecule has 1 aromatic heterocycles. The van der Waals surface area contributed by atoms with E-state index in [2.05, 4.69) is 48.5 Å². The highest BCUT2D eigenvalue weighted by molar-refractivity contribution is 7.98. The molecule has 0 radical (unpaired) electrons. The second-order valence-corrected chi connectivity index (χ2v) is 6.65. The number of nitrogens with zero attached hydrogens (tertiary/aromatic N) is 2. The Morgan fingerprint density at radius 2 is 0.923 bits per heavy atom. The summed E-state index contributed by atoms with van der Waals surface area (Å²) in [6, 6.07) is 31.1. The Hall–Kier alpha value is -2.91. The van der Waals surface area contributed by atoms with E-state index in [-0.39, 0.29) is 0 Å². The normalized spacial score (nSPS) is 10.7. The highest BCUT2D eigenvalue weighted by Gasteiger charge is 2.18. The largest absolute Gasteiger partial charge is 0.222 e. The summed E-state index contributed by atoms with van der Waals surface area (Å²) < 4.78 is 0. The van der Waals surface area contributed by atoms with Gasteiger partial charge in [-0.3, -0.25) is 0 Å². The molecule has 0 aliphatic heterocycles. The first kappa shape index (κ1) is 16.6. The van der Waals surface area contributed by atoms with Crippen molar-refractivity contribution in [2.75, 3.05) is 6.26 Å². The lowest BCUT2D eigenvalue weighted by atomic mass is 9.94. The van der Waals surface area contributed by atoms with Gasteiger partial charge in [0.25, 0.3) is 0 Å². The van der Waals surface area contributed by atoms with Crippen LogP contribution in [-0.4, -0.2) is 16.2 Å². The van der Waals surface area contributed by atoms with E-state index in [1.807, 2.05) is 48.7 Å². The van der Waals surface area contributed by atoms with Gasteiger partial charge in [-0.25, -0.2) is 9.97 Å². The van der Waals surface area contributed by atoms with Crippen molar-refractivity contribution >= 4 is 11.8 Å².